The number of nitrogens with one attached hydrogen (secondary N) is 1. The highest BCUT2D eigenvalue weighted by Gasteiger charge is 2.06. The molecule has 1 aromatic heterocycles. The largest absolute Gasteiger partial charge is 0.373 e. The smallest absolute Gasteiger partial charge is 0.129 e. The van der Waals surface area contributed by atoms with Gasteiger partial charge in [0.25, 0.3) is 0 Å². The summed E-state index contributed by atoms with van der Waals surface area (Å²) in [5.41, 5.74) is 3.65. The lowest BCUT2D eigenvalue weighted by molar-refractivity contribution is 0.918. The average molecular weight is 214 g/mol. The van der Waals surface area contributed by atoms with Crippen molar-refractivity contribution < 1.29 is 0 Å². The number of rotatable bonds is 3. The van der Waals surface area contributed by atoms with E-state index in [1.54, 1.807) is 0 Å². The van der Waals surface area contributed by atoms with E-state index in [0.29, 0.717) is 0 Å². The van der Waals surface area contributed by atoms with Crippen molar-refractivity contribution in [1.82, 2.24) is 4.98 Å². The third kappa shape index (κ3) is 1.87. The SMILES string of the molecule is CCCc1cc2cccc(C)c2nc1NC. The van der Waals surface area contributed by atoms with E-state index in [1.165, 1.54) is 16.5 Å². The predicted octanol–water partition coefficient (Wildman–Crippen LogP) is 3.54. The Morgan fingerprint density at radius 3 is 2.81 bits per heavy atom. The number of pyridine rings is 1. The van der Waals surface area contributed by atoms with Crippen molar-refractivity contribution in [2.45, 2.75) is 26.7 Å². The summed E-state index contributed by atoms with van der Waals surface area (Å²) in [5, 5.41) is 4.43. The second-order valence-electron chi connectivity index (χ2n) is 4.14. The Balaban J connectivity index is 2.65. The van der Waals surface area contributed by atoms with Crippen LogP contribution >= 0.6 is 0 Å². The molecule has 1 N–H and O–H groups in total. The van der Waals surface area contributed by atoms with Crippen molar-refractivity contribution in [2.75, 3.05) is 12.4 Å². The summed E-state index contributed by atoms with van der Waals surface area (Å²) in [4.78, 5) is 4.70. The number of fused-ring (bicyclic) bond motifs is 1. The minimum atomic E-state index is 1.02. The van der Waals surface area contributed by atoms with Crippen LogP contribution in [0.3, 0.4) is 0 Å². The van der Waals surface area contributed by atoms with Gasteiger partial charge in [0.05, 0.1) is 5.52 Å². The van der Waals surface area contributed by atoms with Crippen LogP contribution in [0.25, 0.3) is 10.9 Å². The lowest BCUT2D eigenvalue weighted by atomic mass is 10.1. The molecule has 0 unspecified atom stereocenters. The van der Waals surface area contributed by atoms with Gasteiger partial charge in [-0.2, -0.15) is 0 Å². The number of hydrogen-bond donors (Lipinski definition) is 1. The van der Waals surface area contributed by atoms with Gasteiger partial charge in [-0.15, -0.1) is 0 Å². The first-order valence-electron chi connectivity index (χ1n) is 5.83. The first kappa shape index (κ1) is 10.9. The molecule has 0 saturated heterocycles. The van der Waals surface area contributed by atoms with Crippen LogP contribution in [-0.4, -0.2) is 12.0 Å². The molecule has 0 radical (unpaired) electrons. The Kier molecular flexibility index (Phi) is 3.09. The molecule has 84 valence electrons. The Bertz CT molecular complexity index is 503. The number of benzene rings is 1. The van der Waals surface area contributed by atoms with E-state index in [4.69, 9.17) is 4.98 Å². The first-order valence-corrected chi connectivity index (χ1v) is 5.83. The Morgan fingerprint density at radius 1 is 1.31 bits per heavy atom. The predicted molar refractivity (Wildman–Crippen MR) is 70.0 cm³/mol. The van der Waals surface area contributed by atoms with Crippen molar-refractivity contribution in [1.29, 1.82) is 0 Å². The Morgan fingerprint density at radius 2 is 2.12 bits per heavy atom. The lowest BCUT2D eigenvalue weighted by Gasteiger charge is -2.10. The molecule has 0 aliphatic heterocycles. The number of aryl methyl sites for hydroxylation is 2. The van der Waals surface area contributed by atoms with E-state index in [-0.39, 0.29) is 0 Å². The highest BCUT2D eigenvalue weighted by atomic mass is 15.0. The molecule has 0 atom stereocenters. The van der Waals surface area contributed by atoms with Gasteiger partial charge >= 0.3 is 0 Å². The first-order chi connectivity index (χ1) is 7.76. The topological polar surface area (TPSA) is 24.9 Å². The summed E-state index contributed by atoms with van der Waals surface area (Å²) in [6, 6.07) is 8.58. The van der Waals surface area contributed by atoms with Crippen LogP contribution in [-0.2, 0) is 6.42 Å². The molecular weight excluding hydrogens is 196 g/mol. The van der Waals surface area contributed by atoms with E-state index >= 15 is 0 Å². The molecule has 2 nitrogen and oxygen atoms in total. The van der Waals surface area contributed by atoms with Crippen molar-refractivity contribution in [3.05, 3.63) is 35.4 Å². The normalized spacial score (nSPS) is 10.7. The van der Waals surface area contributed by atoms with Crippen LogP contribution in [0, 0.1) is 6.92 Å². The number of nitrogens with zero attached hydrogens (tertiary/aromatic N) is 1. The zero-order valence-corrected chi connectivity index (χ0v) is 10.2. The second-order valence-corrected chi connectivity index (χ2v) is 4.14. The highest BCUT2D eigenvalue weighted by Crippen LogP contribution is 2.23. The maximum absolute atomic E-state index is 4.70. The fourth-order valence-electron chi connectivity index (χ4n) is 2.07. The van der Waals surface area contributed by atoms with E-state index < -0.39 is 0 Å². The molecule has 0 saturated carbocycles. The molecule has 16 heavy (non-hydrogen) atoms. The van der Waals surface area contributed by atoms with Crippen molar-refractivity contribution in [3.63, 3.8) is 0 Å². The summed E-state index contributed by atoms with van der Waals surface area (Å²) in [7, 11) is 1.94. The van der Waals surface area contributed by atoms with Crippen molar-refractivity contribution in [3.8, 4) is 0 Å². The van der Waals surface area contributed by atoms with Crippen LogP contribution in [0.5, 0.6) is 0 Å². The van der Waals surface area contributed by atoms with Gasteiger partial charge in [-0.3, -0.25) is 0 Å². The molecule has 2 rings (SSSR count). The fourth-order valence-corrected chi connectivity index (χ4v) is 2.07. The van der Waals surface area contributed by atoms with Gasteiger partial charge in [0.15, 0.2) is 0 Å². The fraction of sp³-hybridized carbons (Fsp3) is 0.357. The minimum Gasteiger partial charge on any atom is -0.373 e. The summed E-state index contributed by atoms with van der Waals surface area (Å²) in [5.74, 6) is 1.02. The van der Waals surface area contributed by atoms with Crippen molar-refractivity contribution >= 4 is 16.7 Å². The zero-order chi connectivity index (χ0) is 11.5. The number of aromatic nitrogens is 1. The Labute approximate surface area is 96.7 Å². The van der Waals surface area contributed by atoms with Crippen LogP contribution in [0.2, 0.25) is 0 Å². The molecule has 2 aromatic rings. The molecule has 0 amide bonds. The molecule has 1 heterocycles. The van der Waals surface area contributed by atoms with Crippen LogP contribution in [0.1, 0.15) is 24.5 Å². The highest BCUT2D eigenvalue weighted by molar-refractivity contribution is 5.84. The third-order valence-electron chi connectivity index (χ3n) is 2.88. The maximum Gasteiger partial charge on any atom is 0.129 e. The average Bonchev–Trinajstić information content (AvgIpc) is 2.29. The van der Waals surface area contributed by atoms with E-state index in [2.05, 4.69) is 43.4 Å². The summed E-state index contributed by atoms with van der Waals surface area (Å²) in [6.45, 7) is 4.30. The Hall–Kier alpha value is -1.57. The van der Waals surface area contributed by atoms with Crippen LogP contribution in [0.4, 0.5) is 5.82 Å². The van der Waals surface area contributed by atoms with E-state index in [1.807, 2.05) is 7.05 Å². The maximum atomic E-state index is 4.70. The molecule has 2 heteroatoms. The number of para-hydroxylation sites is 1. The van der Waals surface area contributed by atoms with Gasteiger partial charge in [-0.05, 0) is 30.5 Å². The molecule has 0 aliphatic rings. The zero-order valence-electron chi connectivity index (χ0n) is 10.2. The van der Waals surface area contributed by atoms with Crippen LogP contribution in [0.15, 0.2) is 24.3 Å². The quantitative estimate of drug-likeness (QED) is 0.845. The standard InChI is InChI=1S/C14H18N2/c1-4-6-12-9-11-8-5-7-10(2)13(11)16-14(12)15-3/h5,7-9H,4,6H2,1-3H3,(H,15,16). The minimum absolute atomic E-state index is 1.02. The molecule has 0 aliphatic carbocycles. The van der Waals surface area contributed by atoms with Gasteiger partial charge in [0.1, 0.15) is 5.82 Å². The van der Waals surface area contributed by atoms with Gasteiger partial charge in [0.2, 0.25) is 0 Å². The monoisotopic (exact) mass is 214 g/mol. The van der Waals surface area contributed by atoms with Gasteiger partial charge in [-0.25, -0.2) is 4.98 Å². The summed E-state index contributed by atoms with van der Waals surface area (Å²) < 4.78 is 0. The van der Waals surface area contributed by atoms with Crippen molar-refractivity contribution in [2.24, 2.45) is 0 Å². The summed E-state index contributed by atoms with van der Waals surface area (Å²) >= 11 is 0. The van der Waals surface area contributed by atoms with E-state index in [9.17, 15) is 0 Å². The van der Waals surface area contributed by atoms with Gasteiger partial charge < -0.3 is 5.32 Å². The third-order valence-corrected chi connectivity index (χ3v) is 2.88. The molecule has 0 fully saturated rings. The van der Waals surface area contributed by atoms with Gasteiger partial charge in [-0.1, -0.05) is 31.5 Å². The van der Waals surface area contributed by atoms with E-state index in [0.717, 1.165) is 24.2 Å². The number of hydrogen-bond acceptors (Lipinski definition) is 2. The van der Waals surface area contributed by atoms with Crippen LogP contribution < -0.4 is 5.32 Å². The molecular formula is C14H18N2. The number of anilines is 1. The lowest BCUT2D eigenvalue weighted by Crippen LogP contribution is -1.99. The molecule has 0 bridgehead atoms. The molecule has 1 aromatic carbocycles. The van der Waals surface area contributed by atoms with Gasteiger partial charge in [0, 0.05) is 12.4 Å². The molecule has 0 spiro atoms. The summed E-state index contributed by atoms with van der Waals surface area (Å²) in [6.07, 6.45) is 2.22. The second kappa shape index (κ2) is 4.52.